The molecular weight excluding hydrogens is 1730 g/mol. The predicted octanol–water partition coefficient (Wildman–Crippen LogP) is -3.98. The van der Waals surface area contributed by atoms with E-state index >= 15 is 0 Å². The Kier molecular flexibility index (Phi) is 42.6. The minimum Gasteiger partial charge on any atom is -0.481 e. The first kappa shape index (κ1) is 104. The Morgan fingerprint density at radius 1 is 0.351 bits per heavy atom. The van der Waals surface area contributed by atoms with Crippen molar-refractivity contribution < 1.29 is 137 Å². The third-order valence-corrected chi connectivity index (χ3v) is 21.8. The summed E-state index contributed by atoms with van der Waals surface area (Å²) in [5.41, 5.74) is 0.957. The first-order valence-electron chi connectivity index (χ1n) is 42.4. The van der Waals surface area contributed by atoms with Gasteiger partial charge in [-0.1, -0.05) is 42.5 Å². The summed E-state index contributed by atoms with van der Waals surface area (Å²) in [6.07, 6.45) is 1.94. The lowest BCUT2D eigenvalue weighted by Gasteiger charge is -2.33. The normalized spacial score (nSPS) is 16.8. The molecule has 2 fully saturated rings. The number of hydrogen-bond acceptors (Lipinski definition) is 26. The van der Waals surface area contributed by atoms with E-state index < -0.39 is 232 Å². The third-order valence-electron chi connectivity index (χ3n) is 21.8. The van der Waals surface area contributed by atoms with Crippen molar-refractivity contribution in [1.29, 1.82) is 0 Å². The maximum Gasteiger partial charge on any atom is 0.326 e. The Bertz CT molecular complexity index is 4690. The highest BCUT2D eigenvalue weighted by molar-refractivity contribution is 5.99. The van der Waals surface area contributed by atoms with Gasteiger partial charge in [-0.25, -0.2) is 29.3 Å². The van der Waals surface area contributed by atoms with Crippen molar-refractivity contribution in [2.24, 2.45) is 11.8 Å². The number of nitrogens with zero attached hydrogens (tertiary/aromatic N) is 7. The maximum absolute atomic E-state index is 15.0. The first-order valence-corrected chi connectivity index (χ1v) is 42.4. The van der Waals surface area contributed by atoms with Crippen LogP contribution in [0.1, 0.15) is 119 Å². The van der Waals surface area contributed by atoms with Crippen LogP contribution in [0.25, 0.3) is 10.8 Å². The van der Waals surface area contributed by atoms with Crippen molar-refractivity contribution in [3.8, 4) is 0 Å². The highest BCUT2D eigenvalue weighted by Crippen LogP contribution is 2.29. The molecular formula is C82H113N21O28. The Morgan fingerprint density at radius 2 is 0.702 bits per heavy atom. The highest BCUT2D eigenvalue weighted by atomic mass is 16.4. The summed E-state index contributed by atoms with van der Waals surface area (Å²) in [5, 5.41) is 116. The molecule has 0 radical (unpaired) electrons. The maximum atomic E-state index is 15.0. The predicted molar refractivity (Wildman–Crippen MR) is 454 cm³/mol. The topological polar surface area (TPSA) is 738 Å². The van der Waals surface area contributed by atoms with Crippen molar-refractivity contribution in [2.75, 3.05) is 91.6 Å². The van der Waals surface area contributed by atoms with Crippen LogP contribution in [0.4, 0.5) is 4.79 Å². The van der Waals surface area contributed by atoms with Crippen LogP contribution in [0, 0.1) is 11.8 Å². The minimum atomic E-state index is -1.92. The van der Waals surface area contributed by atoms with Gasteiger partial charge in [-0.2, -0.15) is 0 Å². The average molecular weight is 1840 g/mol. The van der Waals surface area contributed by atoms with Crippen LogP contribution in [0.5, 0.6) is 0 Å². The SMILES string of the molecule is O=C(O)CC[C@H](NC(=O)N[C@@H](CCCCNC(=O)[C@H](Cc1c[nH]cn1)NC(=O)[C@H](CCC(=O)O)NC(=O)[C@H](Cc1c[nH]cn1)NC(=O)[C@H](CCC(=O)O)NC(=O)[C@H](Cc1c[nH]cn1)NC(=O)[C@H](CCC(=O)O)NC(=O)[C@H](Cc1ccc2ccccc2c1)NC(=O)[C@H]1CC[C@H](CNC(=O)CN2CCN(CC(=O)O)CCN(CC(=O)O)CCN(CC(=O)O)CC2)CC1)C(=O)O)C(=O)O. The molecule has 1 saturated heterocycles. The van der Waals surface area contributed by atoms with Crippen LogP contribution < -0.4 is 58.5 Å². The summed E-state index contributed by atoms with van der Waals surface area (Å²) in [5.74, 6) is -21.7. The molecule has 0 spiro atoms. The number of rotatable bonds is 54. The van der Waals surface area contributed by atoms with E-state index in [0.29, 0.717) is 31.2 Å². The van der Waals surface area contributed by atoms with Crippen molar-refractivity contribution in [2.45, 2.75) is 176 Å². The Balaban J connectivity index is 1.04. The van der Waals surface area contributed by atoms with E-state index in [1.54, 1.807) is 43.9 Å². The summed E-state index contributed by atoms with van der Waals surface area (Å²) < 4.78 is 0. The molecule has 3 aromatic heterocycles. The number of carboxylic acids is 9. The lowest BCUT2D eigenvalue weighted by Crippen LogP contribution is -2.61. The number of urea groups is 1. The number of fused-ring (bicyclic) bond motifs is 1. The second-order valence-electron chi connectivity index (χ2n) is 31.8. The molecule has 7 rings (SSSR count). The van der Waals surface area contributed by atoms with Gasteiger partial charge in [0.1, 0.15) is 54.4 Å². The zero-order valence-electron chi connectivity index (χ0n) is 71.6. The largest absolute Gasteiger partial charge is 0.481 e. The van der Waals surface area contributed by atoms with Crippen LogP contribution in [-0.4, -0.2) is 354 Å². The number of imidazole rings is 3. The number of aliphatic carboxylic acids is 9. The lowest BCUT2D eigenvalue weighted by atomic mass is 9.81. The summed E-state index contributed by atoms with van der Waals surface area (Å²) in [6, 6.07) is -4.03. The third kappa shape index (κ3) is 38.4. The molecule has 0 bridgehead atoms. The molecule has 1 saturated carbocycles. The van der Waals surface area contributed by atoms with Gasteiger partial charge in [-0.15, -0.1) is 0 Å². The number of hydrogen-bond donors (Lipinski definition) is 23. The molecule has 9 atom stereocenters. The van der Waals surface area contributed by atoms with E-state index in [-0.39, 0.29) is 153 Å². The Morgan fingerprint density at radius 3 is 1.08 bits per heavy atom. The van der Waals surface area contributed by atoms with Crippen molar-refractivity contribution >= 4 is 124 Å². The monoisotopic (exact) mass is 1840 g/mol. The number of carbonyl (C=O) groups is 19. The number of aromatic amines is 3. The fraction of sp³-hybridized carbons (Fsp3) is 0.537. The van der Waals surface area contributed by atoms with Gasteiger partial charge in [-0.05, 0) is 92.9 Å². The van der Waals surface area contributed by atoms with Gasteiger partial charge < -0.3 is 119 Å². The van der Waals surface area contributed by atoms with Crippen LogP contribution in [0.3, 0.4) is 0 Å². The number of carboxylic acid groups (broad SMARTS) is 9. The average Bonchev–Trinajstić information content (AvgIpc) is 0.939. The number of amides is 11. The van der Waals surface area contributed by atoms with Crippen LogP contribution >= 0.6 is 0 Å². The van der Waals surface area contributed by atoms with Crippen molar-refractivity contribution in [1.82, 2.24) is 108 Å². The molecule has 49 nitrogen and oxygen atoms in total. The second-order valence-corrected chi connectivity index (χ2v) is 31.8. The molecule has 5 aromatic rings. The zero-order chi connectivity index (χ0) is 95.6. The molecule has 4 heterocycles. The van der Waals surface area contributed by atoms with Crippen LogP contribution in [0.2, 0.25) is 0 Å². The number of benzene rings is 2. The Labute approximate surface area is 748 Å². The fourth-order valence-corrected chi connectivity index (χ4v) is 14.7. The quantitative estimate of drug-likeness (QED) is 0.0165. The molecule has 49 heteroatoms. The minimum absolute atomic E-state index is 0.00919. The van der Waals surface area contributed by atoms with Gasteiger partial charge in [-0.3, -0.25) is 96.3 Å². The van der Waals surface area contributed by atoms with Gasteiger partial charge in [0.2, 0.25) is 53.2 Å². The molecule has 11 amide bonds. The van der Waals surface area contributed by atoms with Gasteiger partial charge in [0.25, 0.3) is 0 Å². The molecule has 714 valence electrons. The number of carbonyl (C=O) groups excluding carboxylic acids is 10. The number of nitrogens with one attached hydrogen (secondary N) is 14. The smallest absolute Gasteiger partial charge is 0.326 e. The van der Waals surface area contributed by atoms with Gasteiger partial charge in [0.15, 0.2) is 0 Å². The lowest BCUT2D eigenvalue weighted by molar-refractivity contribution is -0.141. The molecule has 131 heavy (non-hydrogen) atoms. The van der Waals surface area contributed by atoms with Crippen molar-refractivity contribution in [3.05, 3.63) is 103 Å². The number of unbranched alkanes of at least 4 members (excludes halogenated alkanes) is 1. The summed E-state index contributed by atoms with van der Waals surface area (Å²) in [4.78, 5) is 277. The van der Waals surface area contributed by atoms with E-state index in [9.17, 15) is 132 Å². The molecule has 2 aliphatic rings. The standard InChI is InChI=1S/C82H113N21O28/c104-64(40-100-23-25-101(41-69(113)114)27-29-103(43-71(117)118)30-28-102(26-24-100)42-70(115)116)87-36-47-8-12-50(13-9-47)72(119)94-60(32-48-10-11-49-5-1-2-6-51(49)31-48)77(124)91-56(15-19-66(107)108)75(122)96-63(35-54-39-85-46-90-54)79(126)93-57(16-20-67(109)110)76(123)97-62(34-53-38-84-45-89-53)78(125)92-55(14-18-65(105)106)74(121)95-61(33-52-37-83-44-88-52)73(120)86-22-4-3-7-58(80(127)128)98-82(131)99-59(81(129)130)17-21-68(111)112/h1-2,5-6,10-11,31,37-39,44-47,50,55-63H,3-4,7-9,12-30,32-36,40-43H2,(H,83,88)(H,84,89)(H,85,90)(H,86,120)(H,87,104)(H,91,124)(H,92,125)(H,93,126)(H,94,119)(H,95,121)(H,96,122)(H,97,123)(H,105,106)(H,107,108)(H,109,110)(H,111,112)(H,113,114)(H,115,116)(H,117,118)(H,127,128)(H,129,130)(H2,98,99,131)/t47-,50-,55-,56-,57-,58-,59-,60-,61-,62-,63-/m0/s1. The van der Waals surface area contributed by atoms with E-state index in [0.717, 1.165) is 10.8 Å². The Hall–Kier alpha value is -14.1. The van der Waals surface area contributed by atoms with E-state index in [2.05, 4.69) is 83.1 Å². The fourth-order valence-electron chi connectivity index (χ4n) is 14.7. The van der Waals surface area contributed by atoms with Gasteiger partial charge in [0, 0.05) is 141 Å². The zero-order valence-corrected chi connectivity index (χ0v) is 71.6. The van der Waals surface area contributed by atoms with E-state index in [1.165, 1.54) is 37.6 Å². The van der Waals surface area contributed by atoms with Crippen molar-refractivity contribution in [3.63, 3.8) is 0 Å². The second kappa shape index (κ2) is 53.6. The van der Waals surface area contributed by atoms with Crippen LogP contribution in [0.15, 0.2) is 80.0 Å². The molecule has 1 aliphatic heterocycles. The highest BCUT2D eigenvalue weighted by Gasteiger charge is 2.38. The van der Waals surface area contributed by atoms with E-state index in [4.69, 9.17) is 5.11 Å². The summed E-state index contributed by atoms with van der Waals surface area (Å²) in [7, 11) is 0. The van der Waals surface area contributed by atoms with E-state index in [1.807, 2.05) is 23.5 Å². The number of H-pyrrole nitrogens is 3. The molecule has 1 aliphatic carbocycles. The van der Waals surface area contributed by atoms with Gasteiger partial charge >= 0.3 is 59.8 Å². The summed E-state index contributed by atoms with van der Waals surface area (Å²) in [6.45, 7) is 0.346. The summed E-state index contributed by atoms with van der Waals surface area (Å²) >= 11 is 0. The van der Waals surface area contributed by atoms with Gasteiger partial charge in [0.05, 0.1) is 62.2 Å². The first-order chi connectivity index (χ1) is 62.4. The molecule has 2 aromatic carbocycles. The molecule has 0 unspecified atom stereocenters. The van der Waals surface area contributed by atoms with Crippen LogP contribution in [-0.2, 0) is 112 Å². The molecule has 23 N–H and O–H groups in total. The number of aromatic nitrogens is 6.